The van der Waals surface area contributed by atoms with Gasteiger partial charge in [-0.3, -0.25) is 9.89 Å². The normalized spacial score (nSPS) is 23.4. The van der Waals surface area contributed by atoms with Crippen LogP contribution in [0.4, 0.5) is 11.4 Å². The van der Waals surface area contributed by atoms with Crippen LogP contribution in [0.3, 0.4) is 0 Å². The minimum absolute atomic E-state index is 0.637. The second-order valence-corrected chi connectivity index (χ2v) is 8.33. The highest BCUT2D eigenvalue weighted by Crippen LogP contribution is 2.44. The van der Waals surface area contributed by atoms with Crippen molar-refractivity contribution in [2.45, 2.75) is 38.4 Å². The van der Waals surface area contributed by atoms with E-state index in [-0.39, 0.29) is 0 Å². The Hall–Kier alpha value is -2.25. The third-order valence-electron chi connectivity index (χ3n) is 5.86. The third-order valence-corrected chi connectivity index (χ3v) is 5.86. The summed E-state index contributed by atoms with van der Waals surface area (Å²) in [6.45, 7) is 10.2. The van der Waals surface area contributed by atoms with Gasteiger partial charge in [-0.15, -0.1) is 0 Å². The minimum Gasteiger partial charge on any atom is -0.484 e. The van der Waals surface area contributed by atoms with E-state index in [1.807, 2.05) is 25.3 Å². The standard InChI is InChI=1S/C21H33N5O2/c1-20(2,27)21(3)14-16-12-17(22)18(13-19(16)28-21)26-10-8-25(9-11-26)7-5-6-24-15-23-4/h5-6,12-13,15,27H,7-11,14,22H2,1-4H3,(H,23,24)/b6-5+. The number of anilines is 2. The van der Waals surface area contributed by atoms with Crippen LogP contribution < -0.4 is 20.7 Å². The Morgan fingerprint density at radius 1 is 1.32 bits per heavy atom. The number of nitrogens with two attached hydrogens (primary N) is 1. The number of fused-ring (bicyclic) bond motifs is 1. The Morgan fingerprint density at radius 2 is 2.04 bits per heavy atom. The fourth-order valence-electron chi connectivity index (χ4n) is 3.68. The Balaban J connectivity index is 1.63. The van der Waals surface area contributed by atoms with Gasteiger partial charge in [-0.25, -0.2) is 0 Å². The van der Waals surface area contributed by atoms with E-state index in [2.05, 4.69) is 26.2 Å². The van der Waals surface area contributed by atoms with E-state index < -0.39 is 11.2 Å². The molecular formula is C21H33N5O2. The fourth-order valence-corrected chi connectivity index (χ4v) is 3.68. The SMILES string of the molecule is CN=CN/C=C/CN1CCN(c2cc3c(cc2N)CC(C)(C(C)(C)O)O3)CC1. The van der Waals surface area contributed by atoms with Gasteiger partial charge in [-0.2, -0.15) is 0 Å². The van der Waals surface area contributed by atoms with Gasteiger partial charge in [-0.05, 0) is 33.0 Å². The Labute approximate surface area is 167 Å². The summed E-state index contributed by atoms with van der Waals surface area (Å²) in [5, 5.41) is 13.5. The van der Waals surface area contributed by atoms with Gasteiger partial charge >= 0.3 is 0 Å². The largest absolute Gasteiger partial charge is 0.484 e. The van der Waals surface area contributed by atoms with Crippen LogP contribution in [0.2, 0.25) is 0 Å². The highest BCUT2D eigenvalue weighted by Gasteiger charge is 2.47. The monoisotopic (exact) mass is 387 g/mol. The molecule has 1 saturated heterocycles. The molecule has 0 spiro atoms. The molecule has 1 atom stereocenters. The molecule has 0 saturated carbocycles. The quantitative estimate of drug-likeness (QED) is 0.391. The van der Waals surface area contributed by atoms with E-state index in [0.29, 0.717) is 6.42 Å². The molecule has 28 heavy (non-hydrogen) atoms. The lowest BCUT2D eigenvalue weighted by Gasteiger charge is -2.37. The highest BCUT2D eigenvalue weighted by atomic mass is 16.5. The maximum Gasteiger partial charge on any atom is 0.138 e. The molecule has 2 heterocycles. The maximum absolute atomic E-state index is 10.5. The molecular weight excluding hydrogens is 354 g/mol. The summed E-state index contributed by atoms with van der Waals surface area (Å²) in [7, 11) is 1.74. The molecule has 7 nitrogen and oxygen atoms in total. The third kappa shape index (κ3) is 4.25. The number of hydrogen-bond acceptors (Lipinski definition) is 6. The second kappa shape index (κ2) is 8.01. The predicted octanol–water partition coefficient (Wildman–Crippen LogP) is 1.62. The van der Waals surface area contributed by atoms with Crippen LogP contribution in [0.15, 0.2) is 29.4 Å². The lowest BCUT2D eigenvalue weighted by molar-refractivity contribution is -0.0900. The average molecular weight is 388 g/mol. The molecule has 4 N–H and O–H groups in total. The number of ether oxygens (including phenoxy) is 1. The predicted molar refractivity (Wildman–Crippen MR) is 115 cm³/mol. The van der Waals surface area contributed by atoms with Crippen molar-refractivity contribution in [1.29, 1.82) is 0 Å². The van der Waals surface area contributed by atoms with Crippen LogP contribution in [0.5, 0.6) is 5.75 Å². The Bertz CT molecular complexity index is 748. The molecule has 0 aromatic heterocycles. The number of nitrogens with one attached hydrogen (secondary N) is 1. The molecule has 1 aromatic rings. The van der Waals surface area contributed by atoms with Crippen molar-refractivity contribution in [3.8, 4) is 5.75 Å². The van der Waals surface area contributed by atoms with Crippen molar-refractivity contribution in [2.75, 3.05) is 50.4 Å². The topological polar surface area (TPSA) is 86.4 Å². The lowest BCUT2D eigenvalue weighted by atomic mass is 9.84. The first-order valence-corrected chi connectivity index (χ1v) is 9.86. The van der Waals surface area contributed by atoms with Gasteiger partial charge in [0.1, 0.15) is 11.4 Å². The van der Waals surface area contributed by atoms with Crippen LogP contribution in [0.25, 0.3) is 0 Å². The van der Waals surface area contributed by atoms with E-state index in [1.54, 1.807) is 27.2 Å². The summed E-state index contributed by atoms with van der Waals surface area (Å²) < 4.78 is 6.18. The average Bonchev–Trinajstić information content (AvgIpc) is 2.98. The van der Waals surface area contributed by atoms with Crippen molar-refractivity contribution in [1.82, 2.24) is 10.2 Å². The summed E-state index contributed by atoms with van der Waals surface area (Å²) in [6.07, 6.45) is 6.34. The molecule has 154 valence electrons. The first kappa shape index (κ1) is 20.5. The number of piperazine rings is 1. The fraction of sp³-hybridized carbons (Fsp3) is 0.571. The van der Waals surface area contributed by atoms with Crippen molar-refractivity contribution < 1.29 is 9.84 Å². The van der Waals surface area contributed by atoms with E-state index in [1.165, 1.54) is 0 Å². The first-order chi connectivity index (χ1) is 13.2. The van der Waals surface area contributed by atoms with Crippen LogP contribution >= 0.6 is 0 Å². The number of nitrogen functional groups attached to an aromatic ring is 1. The van der Waals surface area contributed by atoms with E-state index in [9.17, 15) is 5.11 Å². The smallest absolute Gasteiger partial charge is 0.138 e. The zero-order chi connectivity index (χ0) is 20.4. The number of hydrogen-bond donors (Lipinski definition) is 3. The van der Waals surface area contributed by atoms with Gasteiger partial charge in [0, 0.05) is 57.8 Å². The molecule has 3 rings (SSSR count). The van der Waals surface area contributed by atoms with Crippen molar-refractivity contribution in [3.63, 3.8) is 0 Å². The lowest BCUT2D eigenvalue weighted by Crippen LogP contribution is -2.51. The molecule has 0 bridgehead atoms. The number of nitrogens with zero attached hydrogens (tertiary/aromatic N) is 3. The van der Waals surface area contributed by atoms with Gasteiger partial charge in [0.15, 0.2) is 0 Å². The van der Waals surface area contributed by atoms with Gasteiger partial charge in [-0.1, -0.05) is 6.08 Å². The number of aliphatic imine (C=N–C) groups is 1. The van der Waals surface area contributed by atoms with Crippen molar-refractivity contribution in [2.24, 2.45) is 4.99 Å². The van der Waals surface area contributed by atoms with Gasteiger partial charge in [0.25, 0.3) is 0 Å². The van der Waals surface area contributed by atoms with E-state index >= 15 is 0 Å². The molecule has 1 aromatic carbocycles. The van der Waals surface area contributed by atoms with Crippen molar-refractivity contribution in [3.05, 3.63) is 30.0 Å². The first-order valence-electron chi connectivity index (χ1n) is 9.86. The van der Waals surface area contributed by atoms with Crippen LogP contribution in [0, 0.1) is 0 Å². The molecule has 1 fully saturated rings. The molecule has 0 radical (unpaired) electrons. The Kier molecular flexibility index (Phi) is 5.86. The van der Waals surface area contributed by atoms with Crippen LogP contribution in [-0.2, 0) is 6.42 Å². The molecule has 0 amide bonds. The summed E-state index contributed by atoms with van der Waals surface area (Å²) >= 11 is 0. The van der Waals surface area contributed by atoms with Crippen molar-refractivity contribution >= 4 is 17.7 Å². The van der Waals surface area contributed by atoms with Gasteiger partial charge < -0.3 is 25.8 Å². The summed E-state index contributed by atoms with van der Waals surface area (Å²) in [6, 6.07) is 4.06. The van der Waals surface area contributed by atoms with Crippen LogP contribution in [0.1, 0.15) is 26.3 Å². The number of rotatable bonds is 6. The zero-order valence-corrected chi connectivity index (χ0v) is 17.4. The summed E-state index contributed by atoms with van der Waals surface area (Å²) in [5.41, 5.74) is 7.68. The number of benzene rings is 1. The van der Waals surface area contributed by atoms with Gasteiger partial charge in [0.05, 0.1) is 23.3 Å². The van der Waals surface area contributed by atoms with Gasteiger partial charge in [0.2, 0.25) is 0 Å². The molecule has 1 unspecified atom stereocenters. The Morgan fingerprint density at radius 3 is 2.68 bits per heavy atom. The summed E-state index contributed by atoms with van der Waals surface area (Å²) in [4.78, 5) is 8.60. The maximum atomic E-state index is 10.5. The molecule has 2 aliphatic heterocycles. The molecule has 2 aliphatic rings. The molecule has 7 heteroatoms. The molecule has 0 aliphatic carbocycles. The van der Waals surface area contributed by atoms with Crippen LogP contribution in [-0.4, -0.2) is 67.3 Å². The second-order valence-electron chi connectivity index (χ2n) is 8.33. The minimum atomic E-state index is -0.933. The summed E-state index contributed by atoms with van der Waals surface area (Å²) in [5.74, 6) is 0.836. The van der Waals surface area contributed by atoms with E-state index in [4.69, 9.17) is 10.5 Å². The highest BCUT2D eigenvalue weighted by molar-refractivity contribution is 5.72. The number of aliphatic hydroxyl groups is 1. The zero-order valence-electron chi connectivity index (χ0n) is 17.4. The van der Waals surface area contributed by atoms with E-state index in [0.717, 1.165) is 55.4 Å².